The van der Waals surface area contributed by atoms with Crippen molar-refractivity contribution in [3.8, 4) is 0 Å². The molecule has 1 aromatic rings. The van der Waals surface area contributed by atoms with Crippen molar-refractivity contribution < 1.29 is 14.5 Å². The van der Waals surface area contributed by atoms with Gasteiger partial charge >= 0.3 is 5.97 Å². The standard InChI is InChI=1S/C15H20N2O4/c1-2-14(18)21-15(12-17(19)20)8-9-16(11-15)10-13-6-4-3-5-7-13/h3-7H,2,8-12H2,1H3. The van der Waals surface area contributed by atoms with Crippen LogP contribution in [0.25, 0.3) is 0 Å². The minimum absolute atomic E-state index is 0.234. The first-order valence-corrected chi connectivity index (χ1v) is 7.13. The van der Waals surface area contributed by atoms with Crippen LogP contribution < -0.4 is 0 Å². The van der Waals surface area contributed by atoms with Gasteiger partial charge in [0, 0.05) is 37.4 Å². The molecule has 0 aromatic heterocycles. The maximum Gasteiger partial charge on any atom is 0.306 e. The molecule has 0 spiro atoms. The fraction of sp³-hybridized carbons (Fsp3) is 0.533. The Hall–Kier alpha value is -1.95. The number of rotatable bonds is 6. The quantitative estimate of drug-likeness (QED) is 0.454. The molecule has 114 valence electrons. The Morgan fingerprint density at radius 2 is 2.14 bits per heavy atom. The van der Waals surface area contributed by atoms with E-state index in [4.69, 9.17) is 4.74 Å². The number of hydrogen-bond donors (Lipinski definition) is 0. The van der Waals surface area contributed by atoms with Gasteiger partial charge in [-0.25, -0.2) is 0 Å². The summed E-state index contributed by atoms with van der Waals surface area (Å²) < 4.78 is 5.40. The molecule has 0 N–H and O–H groups in total. The van der Waals surface area contributed by atoms with Crippen molar-refractivity contribution in [3.05, 3.63) is 46.0 Å². The molecule has 0 amide bonds. The summed E-state index contributed by atoms with van der Waals surface area (Å²) in [5, 5.41) is 10.9. The van der Waals surface area contributed by atoms with Crippen LogP contribution in [-0.2, 0) is 16.1 Å². The van der Waals surface area contributed by atoms with Crippen molar-refractivity contribution in [1.29, 1.82) is 0 Å². The van der Waals surface area contributed by atoms with E-state index in [9.17, 15) is 14.9 Å². The van der Waals surface area contributed by atoms with Crippen LogP contribution >= 0.6 is 0 Å². The van der Waals surface area contributed by atoms with Crippen molar-refractivity contribution >= 4 is 5.97 Å². The Balaban J connectivity index is 2.03. The number of nitrogens with zero attached hydrogens (tertiary/aromatic N) is 2. The monoisotopic (exact) mass is 292 g/mol. The molecule has 0 radical (unpaired) electrons. The van der Waals surface area contributed by atoms with Gasteiger partial charge in [0.05, 0.1) is 0 Å². The zero-order valence-electron chi connectivity index (χ0n) is 12.2. The maximum atomic E-state index is 11.6. The van der Waals surface area contributed by atoms with Crippen molar-refractivity contribution in [2.24, 2.45) is 0 Å². The zero-order chi connectivity index (χ0) is 15.3. The molecule has 1 saturated heterocycles. The molecular formula is C15H20N2O4. The predicted molar refractivity (Wildman–Crippen MR) is 77.3 cm³/mol. The second-order valence-electron chi connectivity index (χ2n) is 5.45. The van der Waals surface area contributed by atoms with E-state index in [0.717, 1.165) is 5.56 Å². The summed E-state index contributed by atoms with van der Waals surface area (Å²) in [6, 6.07) is 9.92. The lowest BCUT2D eigenvalue weighted by atomic mass is 10.0. The number of esters is 1. The lowest BCUT2D eigenvalue weighted by Crippen LogP contribution is -2.44. The maximum absolute atomic E-state index is 11.6. The Morgan fingerprint density at radius 3 is 2.76 bits per heavy atom. The largest absolute Gasteiger partial charge is 0.451 e. The molecule has 6 nitrogen and oxygen atoms in total. The van der Waals surface area contributed by atoms with Gasteiger partial charge in [-0.3, -0.25) is 19.8 Å². The van der Waals surface area contributed by atoms with Crippen LogP contribution in [0.4, 0.5) is 0 Å². The first kappa shape index (κ1) is 15.4. The van der Waals surface area contributed by atoms with Gasteiger partial charge in [0.25, 0.3) is 0 Å². The van der Waals surface area contributed by atoms with Crippen molar-refractivity contribution in [3.63, 3.8) is 0 Å². The van der Waals surface area contributed by atoms with Gasteiger partial charge in [0.2, 0.25) is 6.54 Å². The number of carbonyl (C=O) groups excluding carboxylic acids is 1. The average Bonchev–Trinajstić information content (AvgIpc) is 2.81. The first-order chi connectivity index (χ1) is 10.0. The fourth-order valence-corrected chi connectivity index (χ4v) is 2.70. The van der Waals surface area contributed by atoms with Gasteiger partial charge in [-0.1, -0.05) is 37.3 Å². The molecule has 0 aliphatic carbocycles. The van der Waals surface area contributed by atoms with Crippen LogP contribution in [0.2, 0.25) is 0 Å². The molecule has 1 atom stereocenters. The summed E-state index contributed by atoms with van der Waals surface area (Å²) in [5.41, 5.74) is 0.168. The molecule has 1 heterocycles. The van der Waals surface area contributed by atoms with Gasteiger partial charge in [-0.05, 0) is 5.56 Å². The molecule has 1 unspecified atom stereocenters. The number of likely N-dealkylation sites (tertiary alicyclic amines) is 1. The van der Waals surface area contributed by atoms with Crippen molar-refractivity contribution in [2.75, 3.05) is 19.6 Å². The smallest absolute Gasteiger partial charge is 0.306 e. The van der Waals surface area contributed by atoms with Crippen LogP contribution in [0.3, 0.4) is 0 Å². The van der Waals surface area contributed by atoms with Crippen molar-refractivity contribution in [1.82, 2.24) is 4.90 Å². The highest BCUT2D eigenvalue weighted by molar-refractivity contribution is 5.69. The van der Waals surface area contributed by atoms with E-state index >= 15 is 0 Å². The summed E-state index contributed by atoms with van der Waals surface area (Å²) in [6.07, 6.45) is 0.741. The normalized spacial score (nSPS) is 22.1. The average molecular weight is 292 g/mol. The molecule has 0 saturated carbocycles. The highest BCUT2D eigenvalue weighted by Crippen LogP contribution is 2.27. The molecule has 1 aromatic carbocycles. The molecule has 6 heteroatoms. The van der Waals surface area contributed by atoms with Crippen LogP contribution in [-0.4, -0.2) is 41.0 Å². The first-order valence-electron chi connectivity index (χ1n) is 7.13. The zero-order valence-corrected chi connectivity index (χ0v) is 12.2. The molecule has 1 fully saturated rings. The summed E-state index contributed by atoms with van der Waals surface area (Å²) in [7, 11) is 0. The molecule has 0 bridgehead atoms. The predicted octanol–water partition coefficient (Wildman–Crippen LogP) is 1.86. The SMILES string of the molecule is CCC(=O)OC1(C[N+](=O)[O-])CCN(Cc2ccccc2)C1. The minimum Gasteiger partial charge on any atom is -0.451 e. The van der Waals surface area contributed by atoms with E-state index in [2.05, 4.69) is 4.90 Å². The highest BCUT2D eigenvalue weighted by Gasteiger charge is 2.45. The number of hydrogen-bond acceptors (Lipinski definition) is 5. The van der Waals surface area contributed by atoms with E-state index in [1.807, 2.05) is 30.3 Å². The van der Waals surface area contributed by atoms with E-state index < -0.39 is 10.5 Å². The lowest BCUT2D eigenvalue weighted by molar-refractivity contribution is -0.499. The van der Waals surface area contributed by atoms with Gasteiger partial charge < -0.3 is 4.74 Å². The molecule has 21 heavy (non-hydrogen) atoms. The highest BCUT2D eigenvalue weighted by atomic mass is 16.6. The number of carbonyl (C=O) groups is 1. The van der Waals surface area contributed by atoms with Gasteiger partial charge in [0.1, 0.15) is 0 Å². The summed E-state index contributed by atoms with van der Waals surface area (Å²) in [5.74, 6) is -0.376. The topological polar surface area (TPSA) is 72.7 Å². The summed E-state index contributed by atoms with van der Waals surface area (Å²) >= 11 is 0. The third-order valence-corrected chi connectivity index (χ3v) is 3.68. The molecule has 2 rings (SSSR count). The Kier molecular flexibility index (Phi) is 4.90. The van der Waals surface area contributed by atoms with Gasteiger partial charge in [-0.15, -0.1) is 0 Å². The summed E-state index contributed by atoms with van der Waals surface area (Å²) in [6.45, 7) is 3.18. The van der Waals surface area contributed by atoms with Crippen LogP contribution in [0.1, 0.15) is 25.3 Å². The lowest BCUT2D eigenvalue weighted by Gasteiger charge is -2.25. The van der Waals surface area contributed by atoms with Crippen LogP contribution in [0, 0.1) is 10.1 Å². The Bertz CT molecular complexity index is 506. The third kappa shape index (κ3) is 4.26. The van der Waals surface area contributed by atoms with Gasteiger partial charge in [0.15, 0.2) is 5.60 Å². The Morgan fingerprint density at radius 1 is 1.43 bits per heavy atom. The summed E-state index contributed by atoms with van der Waals surface area (Å²) in [4.78, 5) is 24.2. The van der Waals surface area contributed by atoms with Crippen LogP contribution in [0.15, 0.2) is 30.3 Å². The Labute approximate surface area is 123 Å². The third-order valence-electron chi connectivity index (χ3n) is 3.68. The molecule has 1 aliphatic heterocycles. The number of ether oxygens (including phenoxy) is 1. The van der Waals surface area contributed by atoms with E-state index in [-0.39, 0.29) is 18.9 Å². The minimum atomic E-state index is -0.981. The van der Waals surface area contributed by atoms with Gasteiger partial charge in [-0.2, -0.15) is 0 Å². The molecule has 1 aliphatic rings. The number of benzene rings is 1. The fourth-order valence-electron chi connectivity index (χ4n) is 2.70. The second-order valence-corrected chi connectivity index (χ2v) is 5.45. The molecular weight excluding hydrogens is 272 g/mol. The second kappa shape index (κ2) is 6.67. The van der Waals surface area contributed by atoms with E-state index in [1.165, 1.54) is 0 Å². The number of nitro groups is 1. The van der Waals surface area contributed by atoms with Crippen LogP contribution in [0.5, 0.6) is 0 Å². The van der Waals surface area contributed by atoms with Crippen molar-refractivity contribution in [2.45, 2.75) is 31.9 Å². The van der Waals surface area contributed by atoms with E-state index in [0.29, 0.717) is 26.1 Å². The van der Waals surface area contributed by atoms with E-state index in [1.54, 1.807) is 6.92 Å².